The lowest BCUT2D eigenvalue weighted by Crippen LogP contribution is -2.54. The Morgan fingerprint density at radius 1 is 1.00 bits per heavy atom. The van der Waals surface area contributed by atoms with Gasteiger partial charge in [-0.25, -0.2) is 0 Å². The fourth-order valence-corrected chi connectivity index (χ4v) is 8.24. The molecule has 0 bridgehead atoms. The number of carbonyl (C=O) groups is 2. The number of fused-ring (bicyclic) bond motifs is 5. The van der Waals surface area contributed by atoms with Crippen LogP contribution in [0.5, 0.6) is 0 Å². The van der Waals surface area contributed by atoms with Crippen molar-refractivity contribution in [3.8, 4) is 0 Å². The third-order valence-corrected chi connectivity index (χ3v) is 9.66. The Bertz CT molecular complexity index is 724. The first kappa shape index (κ1) is 21.6. The van der Waals surface area contributed by atoms with Gasteiger partial charge in [0, 0.05) is 12.8 Å². The highest BCUT2D eigenvalue weighted by atomic mass is 17.0. The highest BCUT2D eigenvalue weighted by Gasteiger charge is 2.61. The average molecular weight is 422 g/mol. The number of nitrogens with zero attached hydrogens (tertiary/aromatic N) is 1. The monoisotopic (exact) mass is 421 g/mol. The summed E-state index contributed by atoms with van der Waals surface area (Å²) in [6.07, 6.45) is 8.73. The molecule has 4 saturated carbocycles. The van der Waals surface area contributed by atoms with Crippen molar-refractivity contribution in [2.45, 2.75) is 84.7 Å². The van der Waals surface area contributed by atoms with Crippen LogP contribution in [0.4, 0.5) is 0 Å². The van der Waals surface area contributed by atoms with Gasteiger partial charge in [-0.3, -0.25) is 9.59 Å². The van der Waals surface area contributed by atoms with Gasteiger partial charge in [0.1, 0.15) is 12.7 Å². The van der Waals surface area contributed by atoms with Gasteiger partial charge in [0.2, 0.25) is 0 Å². The van der Waals surface area contributed by atoms with Crippen molar-refractivity contribution in [2.75, 3.05) is 6.61 Å². The van der Waals surface area contributed by atoms with Crippen molar-refractivity contribution >= 4 is 11.8 Å². The molecule has 8 unspecified atom stereocenters. The van der Waals surface area contributed by atoms with Crippen LogP contribution in [0.1, 0.15) is 78.6 Å². The average Bonchev–Trinajstić information content (AvgIpc) is 3.03. The summed E-state index contributed by atoms with van der Waals surface area (Å²) in [6, 6.07) is 0. The van der Waals surface area contributed by atoms with Crippen LogP contribution in [-0.4, -0.2) is 29.6 Å². The molecule has 7 heteroatoms. The van der Waals surface area contributed by atoms with Crippen LogP contribution in [0.3, 0.4) is 0 Å². The molecular weight excluding hydrogens is 386 g/mol. The zero-order chi connectivity index (χ0) is 21.7. The number of ether oxygens (including phenoxy) is 1. The van der Waals surface area contributed by atoms with E-state index in [4.69, 9.17) is 9.57 Å². The molecule has 0 spiro atoms. The van der Waals surface area contributed by atoms with Gasteiger partial charge in [0.25, 0.3) is 5.09 Å². The molecule has 4 fully saturated rings. The van der Waals surface area contributed by atoms with Crippen LogP contribution in [0, 0.1) is 50.5 Å². The van der Waals surface area contributed by atoms with Crippen molar-refractivity contribution in [3.63, 3.8) is 0 Å². The summed E-state index contributed by atoms with van der Waals surface area (Å²) in [5.41, 5.74) is 0.230. The maximum Gasteiger partial charge on any atom is 0.303 e. The molecule has 0 aliphatic heterocycles. The third-order valence-electron chi connectivity index (χ3n) is 9.66. The molecule has 168 valence electrons. The predicted octanol–water partition coefficient (Wildman–Crippen LogP) is 4.35. The Labute approximate surface area is 178 Å². The first-order valence-electron chi connectivity index (χ1n) is 11.6. The van der Waals surface area contributed by atoms with E-state index in [1.165, 1.54) is 6.92 Å². The van der Waals surface area contributed by atoms with Gasteiger partial charge in [0.15, 0.2) is 5.78 Å². The van der Waals surface area contributed by atoms with Gasteiger partial charge < -0.3 is 9.57 Å². The van der Waals surface area contributed by atoms with Crippen molar-refractivity contribution in [2.24, 2.45) is 40.4 Å². The van der Waals surface area contributed by atoms with Crippen LogP contribution in [0.25, 0.3) is 0 Å². The third kappa shape index (κ3) is 3.52. The molecule has 0 heterocycles. The molecule has 4 aliphatic rings. The van der Waals surface area contributed by atoms with E-state index in [1.54, 1.807) is 0 Å². The quantitative estimate of drug-likeness (QED) is 0.372. The van der Waals surface area contributed by atoms with Crippen molar-refractivity contribution in [1.82, 2.24) is 0 Å². The molecule has 4 aliphatic carbocycles. The fourth-order valence-electron chi connectivity index (χ4n) is 8.24. The molecule has 0 aromatic rings. The lowest BCUT2D eigenvalue weighted by molar-refractivity contribution is -0.770. The van der Waals surface area contributed by atoms with E-state index in [0.29, 0.717) is 23.7 Å². The highest BCUT2D eigenvalue weighted by molar-refractivity contribution is 5.85. The van der Waals surface area contributed by atoms with Crippen LogP contribution < -0.4 is 0 Å². The zero-order valence-corrected chi connectivity index (χ0v) is 18.4. The smallest absolute Gasteiger partial charge is 0.303 e. The van der Waals surface area contributed by atoms with Gasteiger partial charge in [-0.05, 0) is 92.3 Å². The topological polar surface area (TPSA) is 95.7 Å². The number of esters is 1. The number of hydrogen-bond donors (Lipinski definition) is 0. The SMILES string of the molecule is CC(=O)OCC(=O)C1CCC2C3CCC4CC(O[N+](=O)[O-])CCC4(C)C3CCC12C. The van der Waals surface area contributed by atoms with Gasteiger partial charge in [-0.2, -0.15) is 0 Å². The number of hydrogen-bond acceptors (Lipinski definition) is 6. The van der Waals surface area contributed by atoms with Gasteiger partial charge in [-0.1, -0.05) is 13.8 Å². The van der Waals surface area contributed by atoms with E-state index in [0.717, 1.165) is 57.8 Å². The van der Waals surface area contributed by atoms with E-state index in [2.05, 4.69) is 13.8 Å². The number of ketones is 1. The lowest BCUT2D eigenvalue weighted by atomic mass is 9.44. The normalized spacial score (nSPS) is 44.9. The molecule has 0 aromatic carbocycles. The first-order valence-corrected chi connectivity index (χ1v) is 11.6. The van der Waals surface area contributed by atoms with Crippen molar-refractivity contribution in [1.29, 1.82) is 0 Å². The first-order chi connectivity index (χ1) is 14.1. The number of carbonyl (C=O) groups excluding carboxylic acids is 2. The summed E-state index contributed by atoms with van der Waals surface area (Å²) < 4.78 is 5.02. The van der Waals surface area contributed by atoms with Gasteiger partial charge in [-0.15, -0.1) is 10.1 Å². The lowest BCUT2D eigenvalue weighted by Gasteiger charge is -2.61. The van der Waals surface area contributed by atoms with E-state index >= 15 is 0 Å². The number of Topliss-reactive ketones (excluding diaryl/α,β-unsaturated/α-hetero) is 1. The maximum atomic E-state index is 12.8. The molecule has 8 atom stereocenters. The van der Waals surface area contributed by atoms with E-state index < -0.39 is 11.1 Å². The zero-order valence-electron chi connectivity index (χ0n) is 18.4. The van der Waals surface area contributed by atoms with E-state index in [1.807, 2.05) is 0 Å². The second-order valence-corrected chi connectivity index (χ2v) is 10.8. The van der Waals surface area contributed by atoms with E-state index in [9.17, 15) is 19.7 Å². The highest BCUT2D eigenvalue weighted by Crippen LogP contribution is 2.67. The minimum atomic E-state index is -0.628. The van der Waals surface area contributed by atoms with Crippen LogP contribution in [0.2, 0.25) is 0 Å². The predicted molar refractivity (Wildman–Crippen MR) is 109 cm³/mol. The fraction of sp³-hybridized carbons (Fsp3) is 0.913. The van der Waals surface area contributed by atoms with Crippen molar-refractivity contribution in [3.05, 3.63) is 10.1 Å². The molecule has 0 saturated heterocycles. The Morgan fingerprint density at radius 2 is 1.70 bits per heavy atom. The van der Waals surface area contributed by atoms with Crippen LogP contribution in [0.15, 0.2) is 0 Å². The number of rotatable bonds is 5. The summed E-state index contributed by atoms with van der Waals surface area (Å²) in [5.74, 6) is 1.99. The summed E-state index contributed by atoms with van der Waals surface area (Å²) >= 11 is 0. The molecule has 7 nitrogen and oxygen atoms in total. The molecular formula is C23H35NO6. The second kappa shape index (κ2) is 7.79. The van der Waals surface area contributed by atoms with Gasteiger partial charge in [0.05, 0.1) is 0 Å². The summed E-state index contributed by atoms with van der Waals surface area (Å²) in [7, 11) is 0. The Hall–Kier alpha value is -1.66. The molecule has 0 aromatic heterocycles. The standard InChI is InChI=1S/C23H35NO6/c1-14(25)29-13-21(26)20-7-6-18-17-5-4-15-12-16(30-24(27)28)8-10-22(15,2)19(17)9-11-23(18,20)3/h15-20H,4-13H2,1-3H3. The molecule has 0 amide bonds. The molecule has 30 heavy (non-hydrogen) atoms. The second-order valence-electron chi connectivity index (χ2n) is 10.8. The van der Waals surface area contributed by atoms with Crippen LogP contribution in [-0.2, 0) is 19.2 Å². The molecule has 0 N–H and O–H groups in total. The Balaban J connectivity index is 1.48. The minimum absolute atomic E-state index is 0.00226. The summed E-state index contributed by atoms with van der Waals surface area (Å²) in [4.78, 5) is 39.7. The van der Waals surface area contributed by atoms with Crippen LogP contribution >= 0.6 is 0 Å². The van der Waals surface area contributed by atoms with Crippen molar-refractivity contribution < 1.29 is 24.3 Å². The van der Waals surface area contributed by atoms with E-state index in [-0.39, 0.29) is 35.2 Å². The summed E-state index contributed by atoms with van der Waals surface area (Å²) in [5, 5.41) is 10.2. The van der Waals surface area contributed by atoms with Gasteiger partial charge >= 0.3 is 5.97 Å². The summed E-state index contributed by atoms with van der Waals surface area (Å²) in [6.45, 7) is 5.97. The largest absolute Gasteiger partial charge is 0.458 e. The molecule has 0 radical (unpaired) electrons. The Morgan fingerprint density at radius 3 is 2.40 bits per heavy atom. The molecule has 4 rings (SSSR count). The Kier molecular flexibility index (Phi) is 5.60. The maximum absolute atomic E-state index is 12.8. The minimum Gasteiger partial charge on any atom is -0.458 e.